The molecule has 0 bridgehead atoms. The minimum atomic E-state index is -0.510. The van der Waals surface area contributed by atoms with Crippen LogP contribution in [0.3, 0.4) is 0 Å². The standard InChI is InChI=1S/C14H14N2O3/c1-2-8-19-13(17)10-4-3-5-12(9-10)16-14(18)15-11-6-7-11/h1,3-5,9,11H,6-8H2,(H2,15,16,18). The highest BCUT2D eigenvalue weighted by molar-refractivity contribution is 5.94. The number of esters is 1. The zero-order valence-corrected chi connectivity index (χ0v) is 10.3. The molecule has 0 radical (unpaired) electrons. The third-order valence-electron chi connectivity index (χ3n) is 2.56. The highest BCUT2D eigenvalue weighted by atomic mass is 16.5. The summed E-state index contributed by atoms with van der Waals surface area (Å²) in [6, 6.07) is 6.53. The summed E-state index contributed by atoms with van der Waals surface area (Å²) in [5.74, 6) is 1.71. The molecule has 19 heavy (non-hydrogen) atoms. The Morgan fingerprint density at radius 2 is 2.21 bits per heavy atom. The fraction of sp³-hybridized carbons (Fsp3) is 0.286. The van der Waals surface area contributed by atoms with Crippen molar-refractivity contribution in [1.29, 1.82) is 0 Å². The molecule has 1 aromatic rings. The van der Waals surface area contributed by atoms with Crippen LogP contribution in [0, 0.1) is 12.3 Å². The number of terminal acetylenes is 1. The Kier molecular flexibility index (Phi) is 4.04. The highest BCUT2D eigenvalue weighted by Gasteiger charge is 2.23. The van der Waals surface area contributed by atoms with Gasteiger partial charge in [-0.15, -0.1) is 6.42 Å². The van der Waals surface area contributed by atoms with Gasteiger partial charge >= 0.3 is 12.0 Å². The molecule has 1 aliphatic rings. The number of benzene rings is 1. The van der Waals surface area contributed by atoms with E-state index in [0.29, 0.717) is 11.3 Å². The lowest BCUT2D eigenvalue weighted by Gasteiger charge is -2.07. The number of hydrogen-bond donors (Lipinski definition) is 2. The molecule has 98 valence electrons. The Balaban J connectivity index is 1.95. The number of amides is 2. The molecule has 1 aliphatic carbocycles. The van der Waals surface area contributed by atoms with Crippen molar-refractivity contribution in [2.75, 3.05) is 11.9 Å². The first-order valence-electron chi connectivity index (χ1n) is 5.97. The van der Waals surface area contributed by atoms with E-state index in [1.54, 1.807) is 24.3 Å². The van der Waals surface area contributed by atoms with E-state index in [-0.39, 0.29) is 18.7 Å². The summed E-state index contributed by atoms with van der Waals surface area (Å²) in [6.45, 7) is -0.0708. The Morgan fingerprint density at radius 1 is 1.42 bits per heavy atom. The fourth-order valence-corrected chi connectivity index (χ4v) is 1.49. The molecule has 5 nitrogen and oxygen atoms in total. The number of rotatable bonds is 4. The molecule has 0 unspecified atom stereocenters. The number of carbonyl (C=O) groups excluding carboxylic acids is 2. The van der Waals surface area contributed by atoms with Gasteiger partial charge in [-0.1, -0.05) is 12.0 Å². The first kappa shape index (κ1) is 13.0. The Morgan fingerprint density at radius 3 is 2.89 bits per heavy atom. The van der Waals surface area contributed by atoms with Gasteiger partial charge in [0.1, 0.15) is 0 Å². The van der Waals surface area contributed by atoms with Gasteiger partial charge in [-0.3, -0.25) is 0 Å². The molecule has 2 amide bonds. The molecule has 0 spiro atoms. The average Bonchev–Trinajstić information content (AvgIpc) is 3.20. The minimum Gasteiger partial charge on any atom is -0.449 e. The van der Waals surface area contributed by atoms with Crippen molar-refractivity contribution in [2.24, 2.45) is 0 Å². The monoisotopic (exact) mass is 258 g/mol. The van der Waals surface area contributed by atoms with Gasteiger partial charge in [-0.05, 0) is 31.0 Å². The van der Waals surface area contributed by atoms with Gasteiger partial charge in [0.2, 0.25) is 0 Å². The van der Waals surface area contributed by atoms with Crippen molar-refractivity contribution < 1.29 is 14.3 Å². The van der Waals surface area contributed by atoms with E-state index in [0.717, 1.165) is 12.8 Å². The van der Waals surface area contributed by atoms with Gasteiger partial charge in [0.05, 0.1) is 5.56 Å². The van der Waals surface area contributed by atoms with Crippen LogP contribution in [-0.4, -0.2) is 24.6 Å². The summed E-state index contributed by atoms with van der Waals surface area (Å²) in [6.07, 6.45) is 7.05. The van der Waals surface area contributed by atoms with E-state index in [4.69, 9.17) is 11.2 Å². The van der Waals surface area contributed by atoms with Crippen molar-refractivity contribution >= 4 is 17.7 Å². The van der Waals surface area contributed by atoms with Gasteiger partial charge in [-0.2, -0.15) is 0 Å². The zero-order valence-electron chi connectivity index (χ0n) is 10.3. The molecule has 1 fully saturated rings. The fourth-order valence-electron chi connectivity index (χ4n) is 1.49. The Bertz CT molecular complexity index is 530. The van der Waals surface area contributed by atoms with Crippen molar-refractivity contribution in [3.05, 3.63) is 29.8 Å². The van der Waals surface area contributed by atoms with E-state index >= 15 is 0 Å². The van der Waals surface area contributed by atoms with Crippen LogP contribution >= 0.6 is 0 Å². The molecule has 0 atom stereocenters. The molecular weight excluding hydrogens is 244 g/mol. The van der Waals surface area contributed by atoms with Crippen molar-refractivity contribution in [3.8, 4) is 12.3 Å². The van der Waals surface area contributed by atoms with Crippen molar-refractivity contribution in [3.63, 3.8) is 0 Å². The summed E-state index contributed by atoms with van der Waals surface area (Å²) in [7, 11) is 0. The average molecular weight is 258 g/mol. The van der Waals surface area contributed by atoms with E-state index in [9.17, 15) is 9.59 Å². The third-order valence-corrected chi connectivity index (χ3v) is 2.56. The van der Waals surface area contributed by atoms with Crippen molar-refractivity contribution in [1.82, 2.24) is 5.32 Å². The minimum absolute atomic E-state index is 0.0708. The lowest BCUT2D eigenvalue weighted by Crippen LogP contribution is -2.30. The van der Waals surface area contributed by atoms with E-state index in [1.807, 2.05) is 0 Å². The van der Waals surface area contributed by atoms with Gasteiger partial charge < -0.3 is 15.4 Å². The summed E-state index contributed by atoms with van der Waals surface area (Å²) < 4.78 is 4.81. The van der Waals surface area contributed by atoms with Crippen LogP contribution in [0.1, 0.15) is 23.2 Å². The predicted molar refractivity (Wildman–Crippen MR) is 70.7 cm³/mol. The second-order valence-corrected chi connectivity index (χ2v) is 4.23. The number of hydrogen-bond acceptors (Lipinski definition) is 3. The lowest BCUT2D eigenvalue weighted by molar-refractivity contribution is 0.0557. The maximum atomic E-state index is 11.6. The second kappa shape index (κ2) is 5.91. The summed E-state index contributed by atoms with van der Waals surface area (Å²) >= 11 is 0. The summed E-state index contributed by atoms with van der Waals surface area (Å²) in [5.41, 5.74) is 0.882. The number of ether oxygens (including phenoxy) is 1. The molecule has 0 aliphatic heterocycles. The van der Waals surface area contributed by atoms with Gasteiger partial charge in [0.25, 0.3) is 0 Å². The van der Waals surface area contributed by atoms with Crippen LogP contribution in [0.15, 0.2) is 24.3 Å². The Hall–Kier alpha value is -2.48. The van der Waals surface area contributed by atoms with Crippen LogP contribution < -0.4 is 10.6 Å². The summed E-state index contributed by atoms with van der Waals surface area (Å²) in [4.78, 5) is 23.1. The Labute approximate surface area is 111 Å². The maximum absolute atomic E-state index is 11.6. The normalized spacial score (nSPS) is 13.2. The number of urea groups is 1. The molecule has 2 N–H and O–H groups in total. The molecule has 1 aromatic carbocycles. The smallest absolute Gasteiger partial charge is 0.339 e. The SMILES string of the molecule is C#CCOC(=O)c1cccc(NC(=O)NC2CC2)c1. The molecule has 2 rings (SSSR count). The second-order valence-electron chi connectivity index (χ2n) is 4.23. The largest absolute Gasteiger partial charge is 0.449 e. The quantitative estimate of drug-likeness (QED) is 0.638. The van der Waals surface area contributed by atoms with E-state index < -0.39 is 5.97 Å². The third kappa shape index (κ3) is 4.03. The van der Waals surface area contributed by atoms with E-state index in [2.05, 4.69) is 16.6 Å². The van der Waals surface area contributed by atoms with Gasteiger partial charge in [0, 0.05) is 11.7 Å². The predicted octanol–water partition coefficient (Wildman–Crippen LogP) is 1.76. The molecule has 1 saturated carbocycles. The summed E-state index contributed by atoms with van der Waals surface area (Å²) in [5, 5.41) is 5.46. The van der Waals surface area contributed by atoms with Gasteiger partial charge in [0.15, 0.2) is 6.61 Å². The molecule has 5 heteroatoms. The molecular formula is C14H14N2O3. The zero-order chi connectivity index (χ0) is 13.7. The number of nitrogens with one attached hydrogen (secondary N) is 2. The van der Waals surface area contributed by atoms with Crippen LogP contribution in [0.2, 0.25) is 0 Å². The number of carbonyl (C=O) groups is 2. The van der Waals surface area contributed by atoms with E-state index in [1.165, 1.54) is 0 Å². The first-order valence-corrected chi connectivity index (χ1v) is 5.97. The first-order chi connectivity index (χ1) is 9.19. The topological polar surface area (TPSA) is 67.4 Å². The van der Waals surface area contributed by atoms with Crippen LogP contribution in [0.5, 0.6) is 0 Å². The van der Waals surface area contributed by atoms with Crippen LogP contribution in [-0.2, 0) is 4.74 Å². The molecule has 0 heterocycles. The van der Waals surface area contributed by atoms with Crippen LogP contribution in [0.4, 0.5) is 10.5 Å². The van der Waals surface area contributed by atoms with Gasteiger partial charge in [-0.25, -0.2) is 9.59 Å². The number of anilines is 1. The molecule has 0 saturated heterocycles. The van der Waals surface area contributed by atoms with Crippen molar-refractivity contribution in [2.45, 2.75) is 18.9 Å². The highest BCUT2D eigenvalue weighted by Crippen LogP contribution is 2.19. The molecule has 0 aromatic heterocycles. The van der Waals surface area contributed by atoms with Crippen LogP contribution in [0.25, 0.3) is 0 Å². The lowest BCUT2D eigenvalue weighted by atomic mass is 10.2. The maximum Gasteiger partial charge on any atom is 0.339 e.